The molecule has 4 aromatic rings. The van der Waals surface area contributed by atoms with E-state index in [-0.39, 0.29) is 0 Å². The minimum Gasteiger partial charge on any atom is -0.258 e. The zero-order valence-corrected chi connectivity index (χ0v) is 20.4. The Morgan fingerprint density at radius 3 is 1.39 bits per heavy atom. The van der Waals surface area contributed by atoms with Crippen molar-refractivity contribution in [1.82, 2.24) is 0 Å². The van der Waals surface area contributed by atoms with Crippen molar-refractivity contribution in [1.29, 1.82) is 0 Å². The molecular weight excluding hydrogens is 519 g/mol. The van der Waals surface area contributed by atoms with Crippen molar-refractivity contribution in [3.8, 4) is 0 Å². The van der Waals surface area contributed by atoms with Gasteiger partial charge in [0.05, 0.1) is 25.0 Å². The first kappa shape index (κ1) is 25.9. The summed E-state index contributed by atoms with van der Waals surface area (Å²) in [6.45, 7) is 1.93. The third-order valence-corrected chi connectivity index (χ3v) is 10.9. The zero-order valence-electron chi connectivity index (χ0n) is 18.8. The average molecular weight is 540 g/mol. The first-order chi connectivity index (χ1) is 17.1. The van der Waals surface area contributed by atoms with Crippen LogP contribution >= 0.6 is 10.3 Å². The molecule has 0 atom stereocenters. The Bertz CT molecular complexity index is 1430. The van der Waals surface area contributed by atoms with Crippen LogP contribution in [0.15, 0.2) is 105 Å². The number of aryl methyl sites for hydroxylation is 1. The molecule has 4 aromatic carbocycles. The molecule has 0 amide bonds. The van der Waals surface area contributed by atoms with Gasteiger partial charge in [0, 0.05) is 0 Å². The van der Waals surface area contributed by atoms with Crippen molar-refractivity contribution in [3.05, 3.63) is 120 Å². The van der Waals surface area contributed by atoms with E-state index in [1.165, 1.54) is 0 Å². The van der Waals surface area contributed by atoms with Gasteiger partial charge in [-0.3, -0.25) is 3.63 Å². The lowest BCUT2D eigenvalue weighted by molar-refractivity contribution is 0.338. The standard InChI is InChI=1S/C26H19F5O3S2/c1-2-17-13-15-20(16-14-17)35(18-9-5-3-6-10-18,19-11-7-4-8-12-19)34-36(32,33)26-24(30)22(28)21(27)23(29)25(26)31/h3-16H,2H2,1H3/p+1. The molecule has 0 unspecified atom stereocenters. The Morgan fingerprint density at radius 2 is 0.972 bits per heavy atom. The first-order valence-electron chi connectivity index (χ1n) is 10.7. The van der Waals surface area contributed by atoms with E-state index in [0.717, 1.165) is 5.56 Å². The molecule has 0 aromatic heterocycles. The predicted molar refractivity (Wildman–Crippen MR) is 127 cm³/mol. The van der Waals surface area contributed by atoms with E-state index in [4.69, 9.17) is 0 Å². The summed E-state index contributed by atoms with van der Waals surface area (Å²) in [6, 6.07) is 23.2. The van der Waals surface area contributed by atoms with Crippen molar-refractivity contribution in [2.24, 2.45) is 0 Å². The third-order valence-electron chi connectivity index (χ3n) is 5.48. The normalized spacial score (nSPS) is 12.5. The highest BCUT2D eigenvalue weighted by molar-refractivity contribution is 8.32. The van der Waals surface area contributed by atoms with Crippen LogP contribution in [0.4, 0.5) is 22.0 Å². The SMILES string of the molecule is CCc1ccc(S([OH+]S(=O)(=O)c2c(F)c(F)c(F)c(F)c2F)(c2ccccc2)c2ccccc2)cc1. The molecule has 0 bridgehead atoms. The van der Waals surface area contributed by atoms with E-state index in [1.807, 2.05) is 6.92 Å². The Morgan fingerprint density at radius 1 is 0.583 bits per heavy atom. The van der Waals surface area contributed by atoms with Gasteiger partial charge >= 0.3 is 10.1 Å². The molecular formula is C26H20F5O3S2+. The van der Waals surface area contributed by atoms with Crippen LogP contribution in [-0.4, -0.2) is 12.0 Å². The van der Waals surface area contributed by atoms with Crippen molar-refractivity contribution in [3.63, 3.8) is 0 Å². The third kappa shape index (κ3) is 4.40. The lowest BCUT2D eigenvalue weighted by Gasteiger charge is -2.34. The maximum Gasteiger partial charge on any atom is 0.428 e. The Kier molecular flexibility index (Phi) is 7.21. The molecule has 0 fully saturated rings. The fourth-order valence-electron chi connectivity index (χ4n) is 3.69. The van der Waals surface area contributed by atoms with Gasteiger partial charge in [-0.05, 0) is 48.4 Å². The molecule has 3 nitrogen and oxygen atoms in total. The molecule has 1 N–H and O–H groups in total. The lowest BCUT2D eigenvalue weighted by Crippen LogP contribution is -2.22. The maximum atomic E-state index is 14.6. The number of hydrogen-bond acceptors (Lipinski definition) is 2. The highest BCUT2D eigenvalue weighted by Crippen LogP contribution is 2.68. The summed E-state index contributed by atoms with van der Waals surface area (Å²) in [5, 5.41) is 0. The van der Waals surface area contributed by atoms with Gasteiger partial charge in [0.1, 0.15) is 0 Å². The molecule has 0 saturated heterocycles. The van der Waals surface area contributed by atoms with Crippen molar-refractivity contribution in [2.45, 2.75) is 32.9 Å². The first-order valence-corrected chi connectivity index (χ1v) is 13.7. The van der Waals surface area contributed by atoms with Gasteiger partial charge in [-0.1, -0.05) is 55.5 Å². The number of rotatable bonds is 7. The Labute approximate surface area is 206 Å². The largest absolute Gasteiger partial charge is 0.428 e. The van der Waals surface area contributed by atoms with E-state index >= 15 is 0 Å². The van der Waals surface area contributed by atoms with Crippen molar-refractivity contribution >= 4 is 20.4 Å². The molecule has 0 aliphatic heterocycles. The van der Waals surface area contributed by atoms with Gasteiger partial charge < -0.3 is 0 Å². The molecule has 0 spiro atoms. The van der Waals surface area contributed by atoms with Gasteiger partial charge in [-0.2, -0.15) is 0 Å². The van der Waals surface area contributed by atoms with Crippen LogP contribution in [0.5, 0.6) is 0 Å². The number of hydrogen-bond donors (Lipinski definition) is 0. The molecule has 0 aliphatic rings. The topological polar surface area (TPSA) is 46.9 Å². The zero-order chi connectivity index (χ0) is 26.1. The summed E-state index contributed by atoms with van der Waals surface area (Å²) in [7, 11) is -8.60. The molecule has 4 rings (SSSR count). The van der Waals surface area contributed by atoms with Gasteiger partial charge in [-0.15, -0.1) is 8.42 Å². The average Bonchev–Trinajstić information content (AvgIpc) is 2.90. The molecule has 0 radical (unpaired) electrons. The molecule has 10 heteroatoms. The monoisotopic (exact) mass is 539 g/mol. The highest BCUT2D eigenvalue weighted by atomic mass is 32.3. The Balaban J connectivity index is 2.06. The van der Waals surface area contributed by atoms with E-state index in [0.29, 0.717) is 21.1 Å². The van der Waals surface area contributed by atoms with Gasteiger partial charge in [0.2, 0.25) is 10.7 Å². The van der Waals surface area contributed by atoms with E-state index in [9.17, 15) is 30.4 Å². The van der Waals surface area contributed by atoms with Gasteiger partial charge in [-0.25, -0.2) is 22.0 Å². The second-order valence-corrected chi connectivity index (χ2v) is 12.2. The number of halogens is 5. The second kappa shape index (κ2) is 10.0. The van der Waals surface area contributed by atoms with E-state index in [2.05, 4.69) is 3.63 Å². The van der Waals surface area contributed by atoms with Crippen LogP contribution in [0.1, 0.15) is 12.5 Å². The summed E-state index contributed by atoms with van der Waals surface area (Å²) < 4.78 is 102. The fraction of sp³-hybridized carbons (Fsp3) is 0.0769. The quantitative estimate of drug-likeness (QED) is 0.0797. The van der Waals surface area contributed by atoms with Crippen LogP contribution < -0.4 is 0 Å². The predicted octanol–water partition coefficient (Wildman–Crippen LogP) is 7.62. The summed E-state index contributed by atoms with van der Waals surface area (Å²) in [5.41, 5.74) is 0.941. The van der Waals surface area contributed by atoms with E-state index < -0.39 is 54.4 Å². The fourth-order valence-corrected chi connectivity index (χ4v) is 9.28. The minimum absolute atomic E-state index is 0.382. The molecule has 0 heterocycles. The maximum absolute atomic E-state index is 14.6. The smallest absolute Gasteiger partial charge is 0.258 e. The molecule has 0 aliphatic carbocycles. The molecule has 188 valence electrons. The van der Waals surface area contributed by atoms with Crippen molar-refractivity contribution in [2.75, 3.05) is 0 Å². The van der Waals surface area contributed by atoms with Gasteiger partial charge in [0.25, 0.3) is 0 Å². The Hall–Kier alpha value is -3.21. The summed E-state index contributed by atoms with van der Waals surface area (Å²) in [6.07, 6.45) is 0.694. The minimum atomic E-state index is -5.44. The number of benzene rings is 4. The molecule has 0 saturated carbocycles. The van der Waals surface area contributed by atoms with Crippen LogP contribution in [0.25, 0.3) is 0 Å². The summed E-state index contributed by atoms with van der Waals surface area (Å²) in [5.74, 6) is -12.1. The summed E-state index contributed by atoms with van der Waals surface area (Å²) in [4.78, 5) is -0.835. The van der Waals surface area contributed by atoms with Gasteiger partial charge in [0.15, 0.2) is 23.3 Å². The van der Waals surface area contributed by atoms with Crippen LogP contribution in [0, 0.1) is 29.1 Å². The lowest BCUT2D eigenvalue weighted by atomic mass is 10.2. The second-order valence-electron chi connectivity index (χ2n) is 7.65. The van der Waals surface area contributed by atoms with Crippen LogP contribution in [0.3, 0.4) is 0 Å². The van der Waals surface area contributed by atoms with Crippen LogP contribution in [0.2, 0.25) is 0 Å². The van der Waals surface area contributed by atoms with Crippen LogP contribution in [-0.2, 0) is 16.5 Å². The van der Waals surface area contributed by atoms with E-state index in [1.54, 1.807) is 84.9 Å². The highest BCUT2D eigenvalue weighted by Gasteiger charge is 2.47. The summed E-state index contributed by atoms with van der Waals surface area (Å²) >= 11 is 0. The molecule has 36 heavy (non-hydrogen) atoms. The van der Waals surface area contributed by atoms with Crippen molar-refractivity contribution < 1.29 is 34.0 Å².